The average molecular weight is 344 g/mol. The van der Waals surface area contributed by atoms with Crippen molar-refractivity contribution < 1.29 is 9.53 Å². The van der Waals surface area contributed by atoms with Crippen LogP contribution in [0.2, 0.25) is 0 Å². The second-order valence-electron chi connectivity index (χ2n) is 4.88. The highest BCUT2D eigenvalue weighted by molar-refractivity contribution is 7.22. The molecule has 1 aromatic carbocycles. The van der Waals surface area contributed by atoms with Gasteiger partial charge in [-0.25, -0.2) is 9.97 Å². The number of thiazole rings is 2. The molecule has 0 unspecified atom stereocenters. The van der Waals surface area contributed by atoms with Gasteiger partial charge in [-0.15, -0.1) is 11.3 Å². The number of para-hydroxylation sites is 1. The van der Waals surface area contributed by atoms with Crippen molar-refractivity contribution in [2.24, 2.45) is 0 Å². The number of methoxy groups -OCH3 is 1. The highest BCUT2D eigenvalue weighted by Crippen LogP contribution is 2.32. The number of nitrogens with zero attached hydrogens (tertiary/aromatic N) is 3. The van der Waals surface area contributed by atoms with Crippen molar-refractivity contribution >= 4 is 48.9 Å². The van der Waals surface area contributed by atoms with Crippen molar-refractivity contribution in [3.8, 4) is 5.75 Å². The van der Waals surface area contributed by atoms with Crippen molar-refractivity contribution in [1.29, 1.82) is 0 Å². The van der Waals surface area contributed by atoms with Crippen LogP contribution >= 0.6 is 22.7 Å². The smallest absolute Gasteiger partial charge is 0.232 e. The minimum Gasteiger partial charge on any atom is -0.494 e. The molecule has 8 heteroatoms. The van der Waals surface area contributed by atoms with E-state index >= 15 is 0 Å². The van der Waals surface area contributed by atoms with Crippen LogP contribution in [0.25, 0.3) is 15.2 Å². The summed E-state index contributed by atoms with van der Waals surface area (Å²) in [7, 11) is 1.61. The number of carbonyl (C=O) groups excluding carboxylic acids is 1. The molecule has 6 nitrogen and oxygen atoms in total. The minimum absolute atomic E-state index is 0.131. The summed E-state index contributed by atoms with van der Waals surface area (Å²) in [5, 5.41) is 5.36. The van der Waals surface area contributed by atoms with E-state index in [1.54, 1.807) is 18.4 Å². The molecule has 4 rings (SSSR count). The lowest BCUT2D eigenvalue weighted by atomic mass is 10.3. The summed E-state index contributed by atoms with van der Waals surface area (Å²) in [5.74, 6) is 0.572. The molecule has 1 N–H and O–H groups in total. The quantitative estimate of drug-likeness (QED) is 0.617. The van der Waals surface area contributed by atoms with Crippen molar-refractivity contribution in [3.05, 3.63) is 41.7 Å². The average Bonchev–Trinajstić information content (AvgIpc) is 3.19. The molecule has 0 saturated carbocycles. The fourth-order valence-corrected chi connectivity index (χ4v) is 3.95. The van der Waals surface area contributed by atoms with Gasteiger partial charge in [-0.3, -0.25) is 9.20 Å². The number of hydrogen-bond acceptors (Lipinski definition) is 6. The Kier molecular flexibility index (Phi) is 3.47. The number of amides is 1. The summed E-state index contributed by atoms with van der Waals surface area (Å²) in [6.45, 7) is 0. The van der Waals surface area contributed by atoms with Gasteiger partial charge in [0, 0.05) is 17.8 Å². The molecular weight excluding hydrogens is 332 g/mol. The van der Waals surface area contributed by atoms with Gasteiger partial charge >= 0.3 is 0 Å². The minimum atomic E-state index is -0.131. The van der Waals surface area contributed by atoms with Crippen LogP contribution < -0.4 is 10.1 Å². The van der Waals surface area contributed by atoms with E-state index < -0.39 is 0 Å². The number of nitrogens with one attached hydrogen (secondary N) is 1. The van der Waals surface area contributed by atoms with Crippen molar-refractivity contribution in [2.45, 2.75) is 6.42 Å². The Balaban J connectivity index is 1.53. The largest absolute Gasteiger partial charge is 0.494 e. The van der Waals surface area contributed by atoms with E-state index in [4.69, 9.17) is 4.74 Å². The van der Waals surface area contributed by atoms with Crippen LogP contribution in [0.5, 0.6) is 5.75 Å². The van der Waals surface area contributed by atoms with Gasteiger partial charge in [0.1, 0.15) is 11.3 Å². The van der Waals surface area contributed by atoms with E-state index in [1.807, 2.05) is 40.4 Å². The van der Waals surface area contributed by atoms with E-state index in [1.165, 1.54) is 11.3 Å². The van der Waals surface area contributed by atoms with Crippen LogP contribution in [0.4, 0.5) is 5.13 Å². The topological polar surface area (TPSA) is 68.5 Å². The van der Waals surface area contributed by atoms with Crippen molar-refractivity contribution in [2.75, 3.05) is 12.4 Å². The van der Waals surface area contributed by atoms with Crippen LogP contribution in [-0.2, 0) is 11.2 Å². The third-order valence-electron chi connectivity index (χ3n) is 3.33. The predicted octanol–water partition coefficient (Wildman–Crippen LogP) is 3.20. The summed E-state index contributed by atoms with van der Waals surface area (Å²) in [6, 6.07) is 5.71. The zero-order chi connectivity index (χ0) is 15.8. The van der Waals surface area contributed by atoms with Crippen LogP contribution in [0.3, 0.4) is 0 Å². The zero-order valence-electron chi connectivity index (χ0n) is 12.1. The molecule has 3 heterocycles. The molecule has 0 atom stereocenters. The summed E-state index contributed by atoms with van der Waals surface area (Å²) < 4.78 is 8.17. The normalized spacial score (nSPS) is 11.2. The number of carbonyl (C=O) groups is 1. The number of hydrogen-bond donors (Lipinski definition) is 1. The van der Waals surface area contributed by atoms with Crippen LogP contribution in [0, 0.1) is 0 Å². The maximum absolute atomic E-state index is 12.2. The Morgan fingerprint density at radius 1 is 1.39 bits per heavy atom. The van der Waals surface area contributed by atoms with Gasteiger partial charge in [-0.05, 0) is 12.1 Å². The van der Waals surface area contributed by atoms with Crippen LogP contribution in [-0.4, -0.2) is 27.4 Å². The molecule has 116 valence electrons. The molecule has 23 heavy (non-hydrogen) atoms. The molecule has 0 aliphatic rings. The molecule has 0 bridgehead atoms. The van der Waals surface area contributed by atoms with Crippen LogP contribution in [0.15, 0.2) is 36.0 Å². The van der Waals surface area contributed by atoms with E-state index in [0.717, 1.165) is 20.9 Å². The fourth-order valence-electron chi connectivity index (χ4n) is 2.33. The van der Waals surface area contributed by atoms with Gasteiger partial charge in [0.2, 0.25) is 5.91 Å². The van der Waals surface area contributed by atoms with Crippen molar-refractivity contribution in [3.63, 3.8) is 0 Å². The molecule has 0 aliphatic carbocycles. The summed E-state index contributed by atoms with van der Waals surface area (Å²) >= 11 is 2.97. The van der Waals surface area contributed by atoms with E-state index in [0.29, 0.717) is 10.9 Å². The van der Waals surface area contributed by atoms with Crippen LogP contribution in [0.1, 0.15) is 5.69 Å². The van der Waals surface area contributed by atoms with E-state index in [2.05, 4.69) is 15.3 Å². The molecule has 3 aromatic heterocycles. The highest BCUT2D eigenvalue weighted by atomic mass is 32.1. The van der Waals surface area contributed by atoms with Gasteiger partial charge in [0.05, 0.1) is 23.9 Å². The van der Waals surface area contributed by atoms with Crippen molar-refractivity contribution in [1.82, 2.24) is 14.4 Å². The first-order valence-corrected chi connectivity index (χ1v) is 8.57. The monoisotopic (exact) mass is 344 g/mol. The number of fused-ring (bicyclic) bond motifs is 2. The Labute approximate surface area is 139 Å². The van der Waals surface area contributed by atoms with Gasteiger partial charge in [0.25, 0.3) is 0 Å². The number of benzene rings is 1. The SMILES string of the molecule is COc1cccc2sc(NC(=O)Cc3cn4ccsc4n3)nc12. The second kappa shape index (κ2) is 5.64. The zero-order valence-corrected chi connectivity index (χ0v) is 13.8. The molecule has 0 spiro atoms. The van der Waals surface area contributed by atoms with Gasteiger partial charge in [0.15, 0.2) is 10.1 Å². The molecule has 0 aliphatic heterocycles. The summed E-state index contributed by atoms with van der Waals surface area (Å²) in [4.78, 5) is 21.9. The molecule has 0 fully saturated rings. The lowest BCUT2D eigenvalue weighted by Gasteiger charge is -1.99. The standard InChI is InChI=1S/C15H12N4O2S2/c1-21-10-3-2-4-11-13(10)18-14(23-11)17-12(20)7-9-8-19-5-6-22-15(19)16-9/h2-6,8H,7H2,1H3,(H,17,18,20). The van der Waals surface area contributed by atoms with Gasteiger partial charge in [-0.1, -0.05) is 17.4 Å². The molecule has 4 aromatic rings. The number of rotatable bonds is 4. The number of ether oxygens (including phenoxy) is 1. The lowest BCUT2D eigenvalue weighted by molar-refractivity contribution is -0.115. The molecule has 0 saturated heterocycles. The third kappa shape index (κ3) is 2.66. The van der Waals surface area contributed by atoms with E-state index in [-0.39, 0.29) is 12.3 Å². The lowest BCUT2D eigenvalue weighted by Crippen LogP contribution is -2.14. The first-order chi connectivity index (χ1) is 11.2. The summed E-state index contributed by atoms with van der Waals surface area (Å²) in [5.41, 5.74) is 1.51. The second-order valence-corrected chi connectivity index (χ2v) is 6.78. The Bertz CT molecular complexity index is 973. The Morgan fingerprint density at radius 2 is 2.30 bits per heavy atom. The summed E-state index contributed by atoms with van der Waals surface area (Å²) in [6.07, 6.45) is 4.02. The number of aromatic nitrogens is 3. The maximum atomic E-state index is 12.2. The third-order valence-corrected chi connectivity index (χ3v) is 5.04. The van der Waals surface area contributed by atoms with Gasteiger partial charge < -0.3 is 10.1 Å². The first-order valence-electron chi connectivity index (χ1n) is 6.87. The number of anilines is 1. The Hall–Kier alpha value is -2.45. The molecule has 1 amide bonds. The molecule has 0 radical (unpaired) electrons. The first kappa shape index (κ1) is 14.2. The Morgan fingerprint density at radius 3 is 3.13 bits per heavy atom. The highest BCUT2D eigenvalue weighted by Gasteiger charge is 2.13. The van der Waals surface area contributed by atoms with Gasteiger partial charge in [-0.2, -0.15) is 0 Å². The van der Waals surface area contributed by atoms with E-state index in [9.17, 15) is 4.79 Å². The predicted molar refractivity (Wildman–Crippen MR) is 91.6 cm³/mol. The number of imidazole rings is 1. The fraction of sp³-hybridized carbons (Fsp3) is 0.133. The maximum Gasteiger partial charge on any atom is 0.232 e. The molecular formula is C15H12N4O2S2.